The van der Waals surface area contributed by atoms with Crippen molar-refractivity contribution in [1.82, 2.24) is 10.6 Å². The van der Waals surface area contributed by atoms with Gasteiger partial charge in [-0.1, -0.05) is 26.0 Å². The number of methoxy groups -OCH3 is 1. The monoisotopic (exact) mass is 290 g/mol. The summed E-state index contributed by atoms with van der Waals surface area (Å²) in [6, 6.07) is 8.00. The van der Waals surface area contributed by atoms with Crippen molar-refractivity contribution in [1.29, 1.82) is 0 Å². The van der Waals surface area contributed by atoms with E-state index in [2.05, 4.69) is 24.5 Å². The summed E-state index contributed by atoms with van der Waals surface area (Å²) >= 11 is 0. The molecule has 1 aromatic rings. The predicted octanol–water partition coefficient (Wildman–Crippen LogP) is 2.65. The lowest BCUT2D eigenvalue weighted by atomic mass is 9.83. The van der Waals surface area contributed by atoms with Crippen LogP contribution in [0, 0.1) is 5.41 Å². The topological polar surface area (TPSA) is 50.4 Å². The maximum absolute atomic E-state index is 12.7. The molecule has 2 atom stereocenters. The van der Waals surface area contributed by atoms with E-state index < -0.39 is 0 Å². The third kappa shape index (κ3) is 3.38. The molecular weight excluding hydrogens is 264 g/mol. The van der Waals surface area contributed by atoms with Gasteiger partial charge >= 0.3 is 0 Å². The van der Waals surface area contributed by atoms with E-state index in [1.54, 1.807) is 7.11 Å². The molecule has 0 radical (unpaired) electrons. The lowest BCUT2D eigenvalue weighted by molar-refractivity contribution is -0.131. The maximum atomic E-state index is 12.7. The van der Waals surface area contributed by atoms with Crippen LogP contribution in [0.1, 0.15) is 44.7 Å². The Morgan fingerprint density at radius 3 is 2.57 bits per heavy atom. The molecule has 0 spiro atoms. The zero-order chi connectivity index (χ0) is 15.3. The van der Waals surface area contributed by atoms with Crippen LogP contribution >= 0.6 is 0 Å². The van der Waals surface area contributed by atoms with Gasteiger partial charge in [-0.05, 0) is 43.5 Å². The fourth-order valence-electron chi connectivity index (χ4n) is 2.97. The van der Waals surface area contributed by atoms with Crippen molar-refractivity contribution in [3.63, 3.8) is 0 Å². The molecule has 21 heavy (non-hydrogen) atoms. The van der Waals surface area contributed by atoms with Crippen LogP contribution in [0.15, 0.2) is 24.3 Å². The number of carbonyl (C=O) groups excluding carboxylic acids is 1. The van der Waals surface area contributed by atoms with E-state index in [9.17, 15) is 4.79 Å². The Morgan fingerprint density at radius 2 is 2.10 bits per heavy atom. The maximum Gasteiger partial charge on any atom is 0.228 e. The highest BCUT2D eigenvalue weighted by molar-refractivity contribution is 5.83. The minimum Gasteiger partial charge on any atom is -0.497 e. The summed E-state index contributed by atoms with van der Waals surface area (Å²) in [7, 11) is 1.66. The third-order valence-electron chi connectivity index (χ3n) is 4.63. The van der Waals surface area contributed by atoms with E-state index in [0.29, 0.717) is 0 Å². The van der Waals surface area contributed by atoms with Gasteiger partial charge < -0.3 is 15.4 Å². The average Bonchev–Trinajstić information content (AvgIpc) is 3.03. The van der Waals surface area contributed by atoms with E-state index in [4.69, 9.17) is 4.74 Å². The van der Waals surface area contributed by atoms with Crippen molar-refractivity contribution in [2.45, 2.75) is 39.2 Å². The third-order valence-corrected chi connectivity index (χ3v) is 4.63. The highest BCUT2D eigenvalue weighted by atomic mass is 16.5. The minimum absolute atomic E-state index is 0.0624. The first-order valence-electron chi connectivity index (χ1n) is 7.81. The standard InChI is InChI=1S/C17H26N2O2/c1-4-15(13-6-8-14(21-3)9-7-13)19-16(20)17(5-2)10-11-18-12-17/h6-9,15,18H,4-5,10-12H2,1-3H3,(H,19,20). The van der Waals surface area contributed by atoms with Crippen LogP contribution in [0.2, 0.25) is 0 Å². The van der Waals surface area contributed by atoms with Crippen molar-refractivity contribution in [3.8, 4) is 5.75 Å². The highest BCUT2D eigenvalue weighted by Gasteiger charge is 2.40. The molecule has 4 nitrogen and oxygen atoms in total. The molecule has 2 N–H and O–H groups in total. The van der Waals surface area contributed by atoms with Gasteiger partial charge in [0.15, 0.2) is 0 Å². The molecule has 2 rings (SSSR count). The van der Waals surface area contributed by atoms with E-state index in [-0.39, 0.29) is 17.4 Å². The van der Waals surface area contributed by atoms with Crippen LogP contribution in [-0.2, 0) is 4.79 Å². The molecule has 1 aliphatic heterocycles. The van der Waals surface area contributed by atoms with Gasteiger partial charge in [0.05, 0.1) is 18.6 Å². The largest absolute Gasteiger partial charge is 0.497 e. The van der Waals surface area contributed by atoms with Gasteiger partial charge in [0.1, 0.15) is 5.75 Å². The number of hydrogen-bond donors (Lipinski definition) is 2. The molecular formula is C17H26N2O2. The van der Waals surface area contributed by atoms with E-state index in [1.807, 2.05) is 24.3 Å². The molecule has 2 unspecified atom stereocenters. The van der Waals surface area contributed by atoms with Crippen molar-refractivity contribution in [3.05, 3.63) is 29.8 Å². The van der Waals surface area contributed by atoms with Crippen LogP contribution < -0.4 is 15.4 Å². The van der Waals surface area contributed by atoms with Crippen molar-refractivity contribution >= 4 is 5.91 Å². The van der Waals surface area contributed by atoms with Crippen LogP contribution in [-0.4, -0.2) is 26.1 Å². The molecule has 1 heterocycles. The number of amides is 1. The molecule has 0 aliphatic carbocycles. The lowest BCUT2D eigenvalue weighted by Gasteiger charge is -2.28. The second-order valence-corrected chi connectivity index (χ2v) is 5.77. The van der Waals surface area contributed by atoms with Crippen molar-refractivity contribution < 1.29 is 9.53 Å². The second kappa shape index (κ2) is 6.94. The van der Waals surface area contributed by atoms with Gasteiger partial charge in [0.2, 0.25) is 5.91 Å². The first kappa shape index (κ1) is 15.8. The number of nitrogens with one attached hydrogen (secondary N) is 2. The molecule has 116 valence electrons. The molecule has 1 aromatic carbocycles. The number of hydrogen-bond acceptors (Lipinski definition) is 3. The first-order valence-corrected chi connectivity index (χ1v) is 7.81. The second-order valence-electron chi connectivity index (χ2n) is 5.77. The number of benzene rings is 1. The fourth-order valence-corrected chi connectivity index (χ4v) is 2.97. The van der Waals surface area contributed by atoms with Gasteiger partial charge in [-0.2, -0.15) is 0 Å². The summed E-state index contributed by atoms with van der Waals surface area (Å²) in [5.74, 6) is 1.02. The van der Waals surface area contributed by atoms with Crippen LogP contribution in [0.4, 0.5) is 0 Å². The van der Waals surface area contributed by atoms with Gasteiger partial charge in [-0.3, -0.25) is 4.79 Å². The SMILES string of the molecule is CCC(NC(=O)C1(CC)CCNC1)c1ccc(OC)cc1. The Hall–Kier alpha value is -1.55. The Bertz CT molecular complexity index is 464. The molecule has 1 amide bonds. The summed E-state index contributed by atoms with van der Waals surface area (Å²) < 4.78 is 5.18. The van der Waals surface area contributed by atoms with Crippen LogP contribution in [0.3, 0.4) is 0 Å². The lowest BCUT2D eigenvalue weighted by Crippen LogP contribution is -2.43. The number of carbonyl (C=O) groups is 1. The van der Waals surface area contributed by atoms with Gasteiger partial charge in [0, 0.05) is 6.54 Å². The summed E-state index contributed by atoms with van der Waals surface area (Å²) in [5, 5.41) is 6.55. The molecule has 0 saturated carbocycles. The smallest absolute Gasteiger partial charge is 0.228 e. The zero-order valence-electron chi connectivity index (χ0n) is 13.2. The van der Waals surface area contributed by atoms with Gasteiger partial charge in [0.25, 0.3) is 0 Å². The summed E-state index contributed by atoms with van der Waals surface area (Å²) in [6.45, 7) is 5.91. The Balaban J connectivity index is 2.09. The summed E-state index contributed by atoms with van der Waals surface area (Å²) in [5.41, 5.74) is 0.892. The number of ether oxygens (including phenoxy) is 1. The molecule has 4 heteroatoms. The van der Waals surface area contributed by atoms with E-state index in [0.717, 1.165) is 43.7 Å². The van der Waals surface area contributed by atoms with Crippen molar-refractivity contribution in [2.75, 3.05) is 20.2 Å². The van der Waals surface area contributed by atoms with Gasteiger partial charge in [-0.15, -0.1) is 0 Å². The van der Waals surface area contributed by atoms with Gasteiger partial charge in [-0.25, -0.2) is 0 Å². The Labute approximate surface area is 127 Å². The molecule has 1 saturated heterocycles. The molecule has 0 aromatic heterocycles. The minimum atomic E-state index is -0.236. The quantitative estimate of drug-likeness (QED) is 0.847. The molecule has 1 aliphatic rings. The van der Waals surface area contributed by atoms with Crippen molar-refractivity contribution in [2.24, 2.45) is 5.41 Å². The number of rotatable bonds is 6. The Kier molecular flexibility index (Phi) is 5.23. The van der Waals surface area contributed by atoms with Crippen LogP contribution in [0.5, 0.6) is 5.75 Å². The predicted molar refractivity (Wildman–Crippen MR) is 84.4 cm³/mol. The first-order chi connectivity index (χ1) is 10.1. The highest BCUT2D eigenvalue weighted by Crippen LogP contribution is 2.31. The van der Waals surface area contributed by atoms with E-state index in [1.165, 1.54) is 0 Å². The normalized spacial score (nSPS) is 22.8. The Morgan fingerprint density at radius 1 is 1.38 bits per heavy atom. The van der Waals surface area contributed by atoms with Crippen LogP contribution in [0.25, 0.3) is 0 Å². The molecule has 0 bridgehead atoms. The summed E-state index contributed by atoms with van der Waals surface area (Å²) in [6.07, 6.45) is 2.69. The van der Waals surface area contributed by atoms with E-state index >= 15 is 0 Å². The fraction of sp³-hybridized carbons (Fsp3) is 0.588. The average molecular weight is 290 g/mol. The zero-order valence-corrected chi connectivity index (χ0v) is 13.2. The summed E-state index contributed by atoms with van der Waals surface area (Å²) in [4.78, 5) is 12.7. The molecule has 1 fully saturated rings.